The number of rotatable bonds is 7. The summed E-state index contributed by atoms with van der Waals surface area (Å²) in [6.45, 7) is -0.383. The molecule has 3 aromatic rings. The Kier molecular flexibility index (Phi) is 9.39. The molecule has 0 heterocycles. The van der Waals surface area contributed by atoms with E-state index in [0.29, 0.717) is 23.8 Å². The molecule has 4 nitrogen and oxygen atoms in total. The molecule has 0 unspecified atom stereocenters. The highest BCUT2D eigenvalue weighted by Crippen LogP contribution is 2.55. The summed E-state index contributed by atoms with van der Waals surface area (Å²) < 4.78 is 192. The number of anilines is 2. The molecule has 0 spiro atoms. The van der Waals surface area contributed by atoms with Crippen LogP contribution in [0.5, 0.6) is 0 Å². The molecule has 1 N–H and O–H groups in total. The quantitative estimate of drug-likeness (QED) is 0.244. The van der Waals surface area contributed by atoms with Crippen LogP contribution in [-0.2, 0) is 11.8 Å². The van der Waals surface area contributed by atoms with Crippen LogP contribution < -0.4 is 10.2 Å². The van der Waals surface area contributed by atoms with Gasteiger partial charge in [-0.05, 0) is 59.0 Å². The van der Waals surface area contributed by atoms with E-state index in [4.69, 9.17) is 0 Å². The van der Waals surface area contributed by atoms with Gasteiger partial charge in [-0.2, -0.15) is 39.5 Å². The average Bonchev–Trinajstić information content (AvgIpc) is 3.74. The topological polar surface area (TPSA) is 49.4 Å². The Bertz CT molecular complexity index is 1690. The van der Waals surface area contributed by atoms with E-state index in [9.17, 15) is 66.7 Å². The smallest absolute Gasteiger partial charge is 0.320 e. The Hall–Kier alpha value is -3.90. The number of carbonyl (C=O) groups is 2. The van der Waals surface area contributed by atoms with E-state index in [0.717, 1.165) is 12.1 Å². The van der Waals surface area contributed by atoms with Crippen LogP contribution in [0, 0.1) is 29.2 Å². The molecule has 0 aliphatic heterocycles. The van der Waals surface area contributed by atoms with Crippen molar-refractivity contribution in [2.45, 2.75) is 37.0 Å². The summed E-state index contributed by atoms with van der Waals surface area (Å²) in [5, 5.41) is 1.51. The molecule has 1 aliphatic carbocycles. The monoisotopic (exact) mass is 756 g/mol. The summed E-state index contributed by atoms with van der Waals surface area (Å²) >= 11 is 2.31. The minimum Gasteiger partial charge on any atom is -0.320 e. The highest BCUT2D eigenvalue weighted by Gasteiger charge is 2.73. The Labute approximate surface area is 262 Å². The van der Waals surface area contributed by atoms with Crippen molar-refractivity contribution >= 4 is 39.1 Å². The predicted molar refractivity (Wildman–Crippen MR) is 139 cm³/mol. The zero-order chi connectivity index (χ0) is 35.4. The average molecular weight is 757 g/mol. The Morgan fingerprint density at radius 1 is 0.830 bits per heavy atom. The van der Waals surface area contributed by atoms with Gasteiger partial charge in [0.25, 0.3) is 11.8 Å². The van der Waals surface area contributed by atoms with Crippen LogP contribution in [0.15, 0.2) is 46.9 Å². The fraction of sp³-hybridized carbons (Fsp3) is 0.286. The van der Waals surface area contributed by atoms with Crippen LogP contribution in [0.4, 0.5) is 72.8 Å². The normalized spacial score (nSPS) is 14.3. The van der Waals surface area contributed by atoms with Crippen molar-refractivity contribution in [3.8, 4) is 0 Å². The molecule has 2 amide bonds. The first-order valence-electron chi connectivity index (χ1n) is 12.8. The van der Waals surface area contributed by atoms with E-state index in [1.807, 2.05) is 0 Å². The maximum atomic E-state index is 15.8. The third-order valence-electron chi connectivity index (χ3n) is 6.93. The Morgan fingerprint density at radius 3 is 1.87 bits per heavy atom. The van der Waals surface area contributed by atoms with Crippen molar-refractivity contribution in [3.63, 3.8) is 0 Å². The van der Waals surface area contributed by atoms with Gasteiger partial charge in [-0.3, -0.25) is 9.59 Å². The Balaban J connectivity index is 1.79. The minimum absolute atomic E-state index is 0.170. The van der Waals surface area contributed by atoms with Gasteiger partial charge in [0.1, 0.15) is 23.0 Å². The highest BCUT2D eigenvalue weighted by molar-refractivity contribution is 9.10. The number of halogens is 15. The highest BCUT2D eigenvalue weighted by atomic mass is 79.9. The van der Waals surface area contributed by atoms with Crippen molar-refractivity contribution in [2.24, 2.45) is 5.92 Å². The third-order valence-corrected chi connectivity index (χ3v) is 7.56. The third kappa shape index (κ3) is 6.89. The molecule has 0 atom stereocenters. The van der Waals surface area contributed by atoms with Gasteiger partial charge in [0, 0.05) is 28.7 Å². The van der Waals surface area contributed by atoms with Gasteiger partial charge >= 0.3 is 24.2 Å². The van der Waals surface area contributed by atoms with Crippen LogP contribution in [0.25, 0.3) is 0 Å². The lowest BCUT2D eigenvalue weighted by molar-refractivity contribution is -0.348. The molecule has 1 aliphatic rings. The first kappa shape index (κ1) is 35.9. The van der Waals surface area contributed by atoms with E-state index in [-0.39, 0.29) is 30.7 Å². The summed E-state index contributed by atoms with van der Waals surface area (Å²) in [6.07, 6.45) is -18.4. The number of carbonyl (C=O) groups excluding carboxylic acids is 2. The molecule has 0 radical (unpaired) electrons. The fourth-order valence-electron chi connectivity index (χ4n) is 4.46. The second-order valence-electron chi connectivity index (χ2n) is 10.2. The number of alkyl halides is 10. The lowest BCUT2D eigenvalue weighted by atomic mass is 9.92. The zero-order valence-electron chi connectivity index (χ0n) is 22.7. The van der Waals surface area contributed by atoms with E-state index >= 15 is 4.39 Å². The SMILES string of the molecule is O=C(Nc1c(Br)cc(C(F)(C(F)(F)F)C(F)(F)F)cc1C(F)(F)F)c1cccc(N(CC2CC2)C(=O)c2c(F)cc(F)cc2F)c1F. The van der Waals surface area contributed by atoms with Crippen LogP contribution in [0.1, 0.15) is 44.7 Å². The van der Waals surface area contributed by atoms with Crippen molar-refractivity contribution in [1.29, 1.82) is 0 Å². The van der Waals surface area contributed by atoms with Gasteiger partial charge in [0.15, 0.2) is 5.82 Å². The molecule has 47 heavy (non-hydrogen) atoms. The summed E-state index contributed by atoms with van der Waals surface area (Å²) in [5.74, 6) is -10.00. The second kappa shape index (κ2) is 12.3. The van der Waals surface area contributed by atoms with E-state index < -0.39 is 103 Å². The molecule has 3 aromatic carbocycles. The van der Waals surface area contributed by atoms with Crippen LogP contribution in [0.3, 0.4) is 0 Å². The summed E-state index contributed by atoms with van der Waals surface area (Å²) in [4.78, 5) is 26.7. The van der Waals surface area contributed by atoms with Gasteiger partial charge < -0.3 is 10.2 Å². The lowest BCUT2D eigenvalue weighted by Crippen LogP contribution is -2.50. The van der Waals surface area contributed by atoms with E-state index in [1.54, 1.807) is 0 Å². The van der Waals surface area contributed by atoms with Crippen molar-refractivity contribution < 1.29 is 71.1 Å². The number of benzene rings is 3. The van der Waals surface area contributed by atoms with Crippen molar-refractivity contribution in [3.05, 3.63) is 92.5 Å². The number of hydrogen-bond donors (Lipinski definition) is 1. The predicted octanol–water partition coefficient (Wildman–Crippen LogP) is 9.62. The summed E-state index contributed by atoms with van der Waals surface area (Å²) in [6, 6.07) is 1.61. The number of amides is 2. The molecule has 1 fully saturated rings. The molecular weight excluding hydrogens is 742 g/mol. The first-order valence-corrected chi connectivity index (χ1v) is 13.6. The Morgan fingerprint density at radius 2 is 1.38 bits per heavy atom. The molecule has 0 bridgehead atoms. The molecule has 1 saturated carbocycles. The van der Waals surface area contributed by atoms with Crippen LogP contribution >= 0.6 is 15.9 Å². The molecule has 19 heteroatoms. The van der Waals surface area contributed by atoms with Crippen LogP contribution in [-0.4, -0.2) is 30.7 Å². The van der Waals surface area contributed by atoms with Gasteiger partial charge in [-0.25, -0.2) is 22.0 Å². The zero-order valence-corrected chi connectivity index (χ0v) is 24.3. The maximum absolute atomic E-state index is 15.8. The molecule has 0 aromatic heterocycles. The van der Waals surface area contributed by atoms with Crippen molar-refractivity contribution in [1.82, 2.24) is 0 Å². The van der Waals surface area contributed by atoms with Gasteiger partial charge in [0.2, 0.25) is 0 Å². The molecular formula is C28H15BrF14N2O2. The van der Waals surface area contributed by atoms with E-state index in [2.05, 4.69) is 15.9 Å². The molecule has 4 rings (SSSR count). The van der Waals surface area contributed by atoms with Crippen molar-refractivity contribution in [2.75, 3.05) is 16.8 Å². The maximum Gasteiger partial charge on any atom is 0.435 e. The lowest BCUT2D eigenvalue weighted by Gasteiger charge is -2.31. The molecule has 0 saturated heterocycles. The number of nitrogens with zero attached hydrogens (tertiary/aromatic N) is 1. The fourth-order valence-corrected chi connectivity index (χ4v) is 5.02. The first-order chi connectivity index (χ1) is 21.5. The second-order valence-corrected chi connectivity index (χ2v) is 11.1. The van der Waals surface area contributed by atoms with Gasteiger partial charge in [-0.1, -0.05) is 6.07 Å². The minimum atomic E-state index is -6.79. The van der Waals surface area contributed by atoms with Crippen LogP contribution in [0.2, 0.25) is 0 Å². The molecule has 254 valence electrons. The number of nitrogens with one attached hydrogen (secondary N) is 1. The van der Waals surface area contributed by atoms with E-state index in [1.165, 1.54) is 5.32 Å². The summed E-state index contributed by atoms with van der Waals surface area (Å²) in [7, 11) is 0. The summed E-state index contributed by atoms with van der Waals surface area (Å²) in [5.41, 5.74) is -16.0. The largest absolute Gasteiger partial charge is 0.435 e. The van der Waals surface area contributed by atoms with Gasteiger partial charge in [0.05, 0.1) is 22.5 Å². The standard InChI is InChI=1S/C28H15BrF14N2O2/c29-16-7-12(25(34,27(38,39)40)28(41,42)43)6-15(26(35,36)37)22(16)44-23(46)14-2-1-3-19(21(14)33)45(10-11-4-5-11)24(47)20-17(31)8-13(30)9-18(20)32/h1-3,6-9,11H,4-5,10H2,(H,44,46). The van der Waals surface area contributed by atoms with Gasteiger partial charge in [-0.15, -0.1) is 0 Å². The number of hydrogen-bond acceptors (Lipinski definition) is 2.